The van der Waals surface area contributed by atoms with Gasteiger partial charge in [0.2, 0.25) is 11.8 Å². The molecule has 1 aromatic carbocycles. The summed E-state index contributed by atoms with van der Waals surface area (Å²) in [4.78, 5) is 9.90. The first-order valence-electron chi connectivity index (χ1n) is 6.25. The van der Waals surface area contributed by atoms with Gasteiger partial charge >= 0.3 is 0 Å². The van der Waals surface area contributed by atoms with E-state index in [0.717, 1.165) is 23.4 Å². The molecule has 2 aromatic heterocycles. The number of aromatic nitrogens is 2. The number of hydrogen-bond donors (Lipinski definition) is 1. The predicted molar refractivity (Wildman–Crippen MR) is 77.6 cm³/mol. The number of nitrogens with two attached hydrogens (primary N) is 1. The molecule has 0 radical (unpaired) electrons. The van der Waals surface area contributed by atoms with Gasteiger partial charge < -0.3 is 10.5 Å². The molecule has 7 heteroatoms. The highest BCUT2D eigenvalue weighted by molar-refractivity contribution is 7.18. The molecule has 0 spiro atoms. The Morgan fingerprint density at radius 3 is 2.76 bits per heavy atom. The summed E-state index contributed by atoms with van der Waals surface area (Å²) < 4.78 is 32.0. The van der Waals surface area contributed by atoms with Crippen LogP contribution in [-0.2, 0) is 6.42 Å². The quantitative estimate of drug-likeness (QED) is 0.797. The molecule has 108 valence electrons. The minimum atomic E-state index is -0.800. The summed E-state index contributed by atoms with van der Waals surface area (Å²) in [5.74, 6) is -1.37. The van der Waals surface area contributed by atoms with Crippen LogP contribution in [0.5, 0.6) is 11.6 Å². The molecule has 0 amide bonds. The first-order chi connectivity index (χ1) is 10.1. The van der Waals surface area contributed by atoms with Gasteiger partial charge in [-0.1, -0.05) is 6.92 Å². The Labute approximate surface area is 123 Å². The third-order valence-electron chi connectivity index (χ3n) is 2.88. The van der Waals surface area contributed by atoms with Crippen molar-refractivity contribution >= 4 is 27.5 Å². The number of thiophene rings is 1. The Bertz CT molecular complexity index is 819. The lowest BCUT2D eigenvalue weighted by molar-refractivity contribution is 0.428. The first kappa shape index (κ1) is 13.7. The zero-order chi connectivity index (χ0) is 15.0. The number of halogens is 2. The van der Waals surface area contributed by atoms with Gasteiger partial charge in [-0.15, -0.1) is 11.3 Å². The van der Waals surface area contributed by atoms with Crippen molar-refractivity contribution in [3.05, 3.63) is 40.8 Å². The highest BCUT2D eigenvalue weighted by Gasteiger charge is 2.14. The summed E-state index contributed by atoms with van der Waals surface area (Å²) in [5, 5.41) is 0.662. The standard InChI is InChI=1S/C14H11F2N3OS/c1-2-8-6-9-12(18-14(17)19-13(9)21-8)20-11-4-3-7(15)5-10(11)16/h3-6H,2H2,1H3,(H2,17,18,19). The molecule has 3 rings (SSSR count). The van der Waals surface area contributed by atoms with Crippen LogP contribution in [0.1, 0.15) is 11.8 Å². The molecule has 0 saturated carbocycles. The van der Waals surface area contributed by atoms with Gasteiger partial charge in [-0.05, 0) is 24.6 Å². The Hall–Kier alpha value is -2.28. The number of fused-ring (bicyclic) bond motifs is 1. The van der Waals surface area contributed by atoms with Crippen LogP contribution in [0.3, 0.4) is 0 Å². The van der Waals surface area contributed by atoms with Crippen molar-refractivity contribution in [3.8, 4) is 11.6 Å². The Morgan fingerprint density at radius 1 is 1.24 bits per heavy atom. The number of hydrogen-bond acceptors (Lipinski definition) is 5. The third-order valence-corrected chi connectivity index (χ3v) is 4.05. The minimum absolute atomic E-state index is 0.0459. The van der Waals surface area contributed by atoms with Crippen LogP contribution in [0.15, 0.2) is 24.3 Å². The van der Waals surface area contributed by atoms with Crippen molar-refractivity contribution in [1.29, 1.82) is 0 Å². The molecule has 0 unspecified atom stereocenters. The number of anilines is 1. The van der Waals surface area contributed by atoms with Gasteiger partial charge in [0.25, 0.3) is 0 Å². The summed E-state index contributed by atoms with van der Waals surface area (Å²) in [6.07, 6.45) is 0.839. The number of ether oxygens (including phenoxy) is 1. The second kappa shape index (κ2) is 5.25. The van der Waals surface area contributed by atoms with Crippen LogP contribution >= 0.6 is 11.3 Å². The Morgan fingerprint density at radius 2 is 2.05 bits per heavy atom. The fourth-order valence-corrected chi connectivity index (χ4v) is 2.84. The van der Waals surface area contributed by atoms with E-state index in [2.05, 4.69) is 9.97 Å². The van der Waals surface area contributed by atoms with Crippen molar-refractivity contribution in [2.24, 2.45) is 0 Å². The van der Waals surface area contributed by atoms with Crippen LogP contribution < -0.4 is 10.5 Å². The second-order valence-electron chi connectivity index (χ2n) is 4.35. The van der Waals surface area contributed by atoms with Crippen molar-refractivity contribution in [2.45, 2.75) is 13.3 Å². The zero-order valence-corrected chi connectivity index (χ0v) is 11.9. The van der Waals surface area contributed by atoms with E-state index in [1.54, 1.807) is 0 Å². The van der Waals surface area contributed by atoms with Crippen LogP contribution in [-0.4, -0.2) is 9.97 Å². The predicted octanol–water partition coefficient (Wildman–Crippen LogP) is 3.91. The second-order valence-corrected chi connectivity index (χ2v) is 5.46. The van der Waals surface area contributed by atoms with E-state index in [1.807, 2.05) is 13.0 Å². The molecule has 0 aliphatic heterocycles. The number of nitrogen functional groups attached to an aromatic ring is 1. The van der Waals surface area contributed by atoms with Crippen molar-refractivity contribution in [3.63, 3.8) is 0 Å². The average molecular weight is 307 g/mol. The van der Waals surface area contributed by atoms with Crippen molar-refractivity contribution in [1.82, 2.24) is 9.97 Å². The molecule has 2 N–H and O–H groups in total. The minimum Gasteiger partial charge on any atom is -0.435 e. The third kappa shape index (κ3) is 2.64. The fourth-order valence-electron chi connectivity index (χ4n) is 1.88. The average Bonchev–Trinajstić information content (AvgIpc) is 2.85. The summed E-state index contributed by atoms with van der Waals surface area (Å²) in [7, 11) is 0. The summed E-state index contributed by atoms with van der Waals surface area (Å²) >= 11 is 1.48. The topological polar surface area (TPSA) is 61.0 Å². The van der Waals surface area contributed by atoms with Gasteiger partial charge in [0, 0.05) is 10.9 Å². The number of rotatable bonds is 3. The maximum Gasteiger partial charge on any atom is 0.233 e. The van der Waals surface area contributed by atoms with Gasteiger partial charge in [0.15, 0.2) is 11.6 Å². The molecule has 2 heterocycles. The van der Waals surface area contributed by atoms with E-state index in [9.17, 15) is 8.78 Å². The molecule has 0 aliphatic rings. The highest BCUT2D eigenvalue weighted by atomic mass is 32.1. The molecule has 0 fully saturated rings. The van der Waals surface area contributed by atoms with E-state index in [4.69, 9.17) is 10.5 Å². The molecular formula is C14H11F2N3OS. The first-order valence-corrected chi connectivity index (χ1v) is 7.07. The van der Waals surface area contributed by atoms with Crippen molar-refractivity contribution < 1.29 is 13.5 Å². The Balaban J connectivity index is 2.08. The van der Waals surface area contributed by atoms with Crippen LogP contribution in [0.2, 0.25) is 0 Å². The molecular weight excluding hydrogens is 296 g/mol. The molecule has 0 atom stereocenters. The molecule has 3 aromatic rings. The number of aryl methyl sites for hydroxylation is 1. The lowest BCUT2D eigenvalue weighted by Gasteiger charge is -2.07. The van der Waals surface area contributed by atoms with Crippen LogP contribution in [0.4, 0.5) is 14.7 Å². The van der Waals surface area contributed by atoms with E-state index in [0.29, 0.717) is 10.2 Å². The molecule has 21 heavy (non-hydrogen) atoms. The van der Waals surface area contributed by atoms with Crippen molar-refractivity contribution in [2.75, 3.05) is 5.73 Å². The normalized spacial score (nSPS) is 11.0. The Kier molecular flexibility index (Phi) is 3.42. The maximum atomic E-state index is 13.7. The maximum absolute atomic E-state index is 13.7. The number of nitrogens with zero attached hydrogens (tertiary/aromatic N) is 2. The monoisotopic (exact) mass is 307 g/mol. The smallest absolute Gasteiger partial charge is 0.233 e. The lowest BCUT2D eigenvalue weighted by atomic mass is 10.3. The van der Waals surface area contributed by atoms with E-state index in [1.165, 1.54) is 17.4 Å². The van der Waals surface area contributed by atoms with Gasteiger partial charge in [0.1, 0.15) is 10.6 Å². The summed E-state index contributed by atoms with van der Waals surface area (Å²) in [6.45, 7) is 2.02. The van der Waals surface area contributed by atoms with Gasteiger partial charge in [0.05, 0.1) is 5.39 Å². The number of benzene rings is 1. The van der Waals surface area contributed by atoms with E-state index < -0.39 is 11.6 Å². The SMILES string of the molecule is CCc1cc2c(Oc3ccc(F)cc3F)nc(N)nc2s1. The summed E-state index contributed by atoms with van der Waals surface area (Å²) in [6, 6.07) is 4.96. The van der Waals surface area contributed by atoms with Crippen LogP contribution in [0, 0.1) is 11.6 Å². The lowest BCUT2D eigenvalue weighted by Crippen LogP contribution is -1.98. The van der Waals surface area contributed by atoms with Crippen LogP contribution in [0.25, 0.3) is 10.2 Å². The van der Waals surface area contributed by atoms with Gasteiger partial charge in [-0.25, -0.2) is 13.8 Å². The summed E-state index contributed by atoms with van der Waals surface area (Å²) in [5.41, 5.74) is 5.64. The zero-order valence-electron chi connectivity index (χ0n) is 11.1. The molecule has 0 aliphatic carbocycles. The van der Waals surface area contributed by atoms with Gasteiger partial charge in [-0.3, -0.25) is 0 Å². The molecule has 0 bridgehead atoms. The highest BCUT2D eigenvalue weighted by Crippen LogP contribution is 2.34. The van der Waals surface area contributed by atoms with E-state index >= 15 is 0 Å². The fraction of sp³-hybridized carbons (Fsp3) is 0.143. The van der Waals surface area contributed by atoms with E-state index in [-0.39, 0.29) is 17.6 Å². The van der Waals surface area contributed by atoms with Gasteiger partial charge in [-0.2, -0.15) is 4.98 Å². The molecule has 4 nitrogen and oxygen atoms in total. The largest absolute Gasteiger partial charge is 0.435 e. The molecule has 0 saturated heterocycles.